The number of hydrogen-bond acceptors (Lipinski definition) is 1. The molecular weight excluding hydrogens is 342 g/mol. The van der Waals surface area contributed by atoms with Gasteiger partial charge in [-0.05, 0) is 59.8 Å². The van der Waals surface area contributed by atoms with Crippen LogP contribution in [0.1, 0.15) is 6.92 Å². The average Bonchev–Trinajstić information content (AvgIpc) is 2.34. The molecule has 2 aromatic carbocycles. The van der Waals surface area contributed by atoms with Gasteiger partial charge in [0.15, 0.2) is 0 Å². The quantitative estimate of drug-likeness (QED) is 0.476. The molecule has 0 unspecified atom stereocenters. The van der Waals surface area contributed by atoms with Crippen LogP contribution in [0.2, 0.25) is 0 Å². The van der Waals surface area contributed by atoms with E-state index >= 15 is 0 Å². The maximum absolute atomic E-state index is 13.6. The Morgan fingerprint density at radius 2 is 1.89 bits per heavy atom. The zero-order valence-electron chi connectivity index (χ0n) is 9.82. The van der Waals surface area contributed by atoms with E-state index in [0.717, 1.165) is 9.26 Å². The molecule has 0 saturated heterocycles. The molecule has 0 aliphatic heterocycles. The molecule has 0 bridgehead atoms. The van der Waals surface area contributed by atoms with Gasteiger partial charge in [-0.2, -0.15) is 0 Å². The first kappa shape index (κ1) is 13.0. The van der Waals surface area contributed by atoms with E-state index < -0.39 is 0 Å². The highest BCUT2D eigenvalue weighted by atomic mass is 127. The van der Waals surface area contributed by atoms with Gasteiger partial charge in [0.25, 0.3) is 0 Å². The molecule has 92 valence electrons. The van der Waals surface area contributed by atoms with Crippen LogP contribution in [0, 0.1) is 9.39 Å². The molecule has 0 aliphatic rings. The van der Waals surface area contributed by atoms with Crippen LogP contribution >= 0.6 is 22.6 Å². The maximum atomic E-state index is 13.6. The van der Waals surface area contributed by atoms with Crippen molar-refractivity contribution in [3.05, 3.63) is 57.9 Å². The Hall–Kier alpha value is -1.43. The molecule has 0 fully saturated rings. The molecule has 0 saturated carbocycles. The van der Waals surface area contributed by atoms with Crippen molar-refractivity contribution in [2.45, 2.75) is 6.92 Å². The van der Waals surface area contributed by atoms with Crippen molar-refractivity contribution < 1.29 is 4.39 Å². The third-order valence-electron chi connectivity index (χ3n) is 2.30. The topological polar surface area (TPSA) is 24.4 Å². The minimum Gasteiger partial charge on any atom is -0.344 e. The number of hydrogen-bond donors (Lipinski definition) is 1. The van der Waals surface area contributed by atoms with Crippen LogP contribution in [-0.2, 0) is 0 Å². The number of nitrogens with zero attached hydrogens (tertiary/aromatic N) is 1. The number of aliphatic imine (C=N–C) groups is 1. The van der Waals surface area contributed by atoms with Crippen LogP contribution in [0.25, 0.3) is 0 Å². The largest absolute Gasteiger partial charge is 0.344 e. The van der Waals surface area contributed by atoms with Gasteiger partial charge in [-0.1, -0.05) is 18.2 Å². The second-order valence-corrected chi connectivity index (χ2v) is 5.03. The summed E-state index contributed by atoms with van der Waals surface area (Å²) in [5.74, 6) is 0.345. The molecule has 0 spiro atoms. The number of amidine groups is 1. The van der Waals surface area contributed by atoms with Gasteiger partial charge < -0.3 is 5.32 Å². The van der Waals surface area contributed by atoms with Crippen LogP contribution in [0.15, 0.2) is 53.5 Å². The molecule has 2 rings (SSSR count). The van der Waals surface area contributed by atoms with Crippen LogP contribution in [0.5, 0.6) is 0 Å². The lowest BCUT2D eigenvalue weighted by molar-refractivity contribution is 0.629. The van der Waals surface area contributed by atoms with Gasteiger partial charge in [0.2, 0.25) is 0 Å². The summed E-state index contributed by atoms with van der Waals surface area (Å²) in [6.45, 7) is 1.81. The fourth-order valence-electron chi connectivity index (χ4n) is 1.51. The summed E-state index contributed by atoms with van der Waals surface area (Å²) >= 11 is 2.07. The highest BCUT2D eigenvalue weighted by Gasteiger charge is 2.02. The third kappa shape index (κ3) is 3.53. The molecule has 0 amide bonds. The molecule has 0 aromatic heterocycles. The van der Waals surface area contributed by atoms with Crippen LogP contribution in [0.3, 0.4) is 0 Å². The number of para-hydroxylation sites is 1. The first-order valence-corrected chi connectivity index (χ1v) is 6.55. The molecular formula is C14H12FIN2. The Bertz CT molecular complexity index is 567. The molecule has 18 heavy (non-hydrogen) atoms. The number of rotatable bonds is 2. The van der Waals surface area contributed by atoms with Gasteiger partial charge in [0.05, 0.1) is 0 Å². The van der Waals surface area contributed by atoms with E-state index in [1.807, 2.05) is 43.3 Å². The van der Waals surface area contributed by atoms with Crippen molar-refractivity contribution in [1.82, 2.24) is 0 Å². The molecule has 2 nitrogen and oxygen atoms in total. The number of anilines is 1. The van der Waals surface area contributed by atoms with Crippen LogP contribution < -0.4 is 5.32 Å². The normalized spacial score (nSPS) is 11.4. The van der Waals surface area contributed by atoms with E-state index in [4.69, 9.17) is 0 Å². The van der Waals surface area contributed by atoms with E-state index in [2.05, 4.69) is 32.9 Å². The third-order valence-corrected chi connectivity index (χ3v) is 2.97. The molecule has 0 heterocycles. The number of halogens is 2. The van der Waals surface area contributed by atoms with Gasteiger partial charge in [-0.25, -0.2) is 9.38 Å². The van der Waals surface area contributed by atoms with Gasteiger partial charge >= 0.3 is 0 Å². The van der Waals surface area contributed by atoms with E-state index in [1.54, 1.807) is 6.07 Å². The van der Waals surface area contributed by atoms with Crippen molar-refractivity contribution >= 4 is 39.8 Å². The summed E-state index contributed by atoms with van der Waals surface area (Å²) in [7, 11) is 0. The lowest BCUT2D eigenvalue weighted by Crippen LogP contribution is -2.06. The van der Waals surface area contributed by atoms with E-state index in [0.29, 0.717) is 11.5 Å². The van der Waals surface area contributed by atoms with Gasteiger partial charge in [0.1, 0.15) is 17.3 Å². The lowest BCUT2D eigenvalue weighted by Gasteiger charge is -2.05. The molecule has 0 radical (unpaired) electrons. The van der Waals surface area contributed by atoms with Crippen LogP contribution in [0.4, 0.5) is 15.8 Å². The standard InChI is InChI=1S/C14H12FIN2/c1-10(17-12-5-3-2-4-6-12)18-14-8-7-11(16)9-13(14)15/h2-9H,1H3,(H,17,18). The highest BCUT2D eigenvalue weighted by Crippen LogP contribution is 2.20. The Morgan fingerprint density at radius 1 is 1.17 bits per heavy atom. The summed E-state index contributed by atoms with van der Waals surface area (Å²) in [5.41, 5.74) is 1.28. The zero-order valence-corrected chi connectivity index (χ0v) is 12.0. The molecule has 0 aliphatic carbocycles. The van der Waals surface area contributed by atoms with Crippen molar-refractivity contribution in [2.24, 2.45) is 4.99 Å². The predicted octanol–water partition coefficient (Wildman–Crippen LogP) is 4.59. The van der Waals surface area contributed by atoms with Crippen molar-refractivity contribution in [1.29, 1.82) is 0 Å². The SMILES string of the molecule is CC(=Nc1ccc(I)cc1F)Nc1ccccc1. The summed E-state index contributed by atoms with van der Waals surface area (Å²) in [6, 6.07) is 14.6. The highest BCUT2D eigenvalue weighted by molar-refractivity contribution is 14.1. The van der Waals surface area contributed by atoms with E-state index in [-0.39, 0.29) is 5.82 Å². The van der Waals surface area contributed by atoms with Gasteiger partial charge in [-0.15, -0.1) is 0 Å². The lowest BCUT2D eigenvalue weighted by atomic mass is 10.3. The maximum Gasteiger partial charge on any atom is 0.149 e. The molecule has 2 aromatic rings. The van der Waals surface area contributed by atoms with Crippen molar-refractivity contribution in [3.8, 4) is 0 Å². The first-order chi connectivity index (χ1) is 8.65. The summed E-state index contributed by atoms with van der Waals surface area (Å²) in [5, 5.41) is 3.11. The fraction of sp³-hybridized carbons (Fsp3) is 0.0714. The van der Waals surface area contributed by atoms with E-state index in [9.17, 15) is 4.39 Å². The fourth-order valence-corrected chi connectivity index (χ4v) is 1.96. The summed E-state index contributed by atoms with van der Waals surface area (Å²) < 4.78 is 14.5. The Balaban J connectivity index is 2.18. The van der Waals surface area contributed by atoms with Crippen molar-refractivity contribution in [3.63, 3.8) is 0 Å². The monoisotopic (exact) mass is 354 g/mol. The zero-order chi connectivity index (χ0) is 13.0. The smallest absolute Gasteiger partial charge is 0.149 e. The van der Waals surface area contributed by atoms with Crippen molar-refractivity contribution in [2.75, 3.05) is 5.32 Å². The Morgan fingerprint density at radius 3 is 2.56 bits per heavy atom. The average molecular weight is 354 g/mol. The second-order valence-electron chi connectivity index (χ2n) is 3.78. The minimum absolute atomic E-state index is 0.309. The Labute approximate surface area is 119 Å². The number of nitrogens with one attached hydrogen (secondary N) is 1. The summed E-state index contributed by atoms with van der Waals surface area (Å²) in [4.78, 5) is 4.22. The second kappa shape index (κ2) is 5.95. The Kier molecular flexibility index (Phi) is 4.30. The minimum atomic E-state index is -0.309. The van der Waals surface area contributed by atoms with Gasteiger partial charge in [0, 0.05) is 9.26 Å². The number of benzene rings is 2. The van der Waals surface area contributed by atoms with E-state index in [1.165, 1.54) is 6.07 Å². The van der Waals surface area contributed by atoms with Gasteiger partial charge in [-0.3, -0.25) is 0 Å². The molecule has 1 N–H and O–H groups in total. The summed E-state index contributed by atoms with van der Waals surface area (Å²) in [6.07, 6.45) is 0. The predicted molar refractivity (Wildman–Crippen MR) is 82.0 cm³/mol. The van der Waals surface area contributed by atoms with Crippen LogP contribution in [-0.4, -0.2) is 5.84 Å². The molecule has 0 atom stereocenters. The first-order valence-electron chi connectivity index (χ1n) is 5.47. The molecule has 4 heteroatoms.